The second kappa shape index (κ2) is 7.34. The molecule has 1 aromatic rings. The van der Waals surface area contributed by atoms with Gasteiger partial charge in [0.1, 0.15) is 5.82 Å². The summed E-state index contributed by atoms with van der Waals surface area (Å²) in [4.78, 5) is 13.3. The Kier molecular flexibility index (Phi) is 6.09. The van der Waals surface area contributed by atoms with E-state index < -0.39 is 5.82 Å². The van der Waals surface area contributed by atoms with Crippen molar-refractivity contribution >= 4 is 17.6 Å². The van der Waals surface area contributed by atoms with Gasteiger partial charge in [-0.1, -0.05) is 24.6 Å². The van der Waals surface area contributed by atoms with E-state index >= 15 is 0 Å². The number of rotatable bonds is 6. The lowest BCUT2D eigenvalue weighted by Crippen LogP contribution is -2.30. The molecule has 0 bridgehead atoms. The molecule has 1 aromatic carbocycles. The van der Waals surface area contributed by atoms with E-state index in [0.717, 1.165) is 5.56 Å². The van der Waals surface area contributed by atoms with Crippen molar-refractivity contribution in [1.29, 1.82) is 0 Å². The molecule has 0 radical (unpaired) electrons. The minimum Gasteiger partial charge on any atom is -0.465 e. The molecule has 0 saturated heterocycles. The number of ether oxygens (including phenoxy) is 1. The molecule has 0 aromatic heterocycles. The Morgan fingerprint density at radius 3 is 2.72 bits per heavy atom. The van der Waals surface area contributed by atoms with Crippen LogP contribution >= 0.6 is 11.6 Å². The van der Waals surface area contributed by atoms with E-state index in [1.807, 2.05) is 11.8 Å². The molecule has 18 heavy (non-hydrogen) atoms. The molecule has 0 aliphatic carbocycles. The SMILES string of the molecule is CCOC(=O)CN(CC)Cc1ccc(F)c(Cl)c1. The van der Waals surface area contributed by atoms with E-state index in [9.17, 15) is 9.18 Å². The van der Waals surface area contributed by atoms with Crippen LogP contribution in [0.25, 0.3) is 0 Å². The van der Waals surface area contributed by atoms with Crippen LogP contribution < -0.4 is 0 Å². The third kappa shape index (κ3) is 4.63. The van der Waals surface area contributed by atoms with Crippen molar-refractivity contribution in [3.05, 3.63) is 34.6 Å². The number of hydrogen-bond donors (Lipinski definition) is 0. The van der Waals surface area contributed by atoms with Gasteiger partial charge in [0.2, 0.25) is 0 Å². The Bertz CT molecular complexity index is 412. The second-order valence-corrected chi connectivity index (χ2v) is 4.26. The zero-order valence-corrected chi connectivity index (χ0v) is 11.3. The number of nitrogens with zero attached hydrogens (tertiary/aromatic N) is 1. The van der Waals surface area contributed by atoms with Crippen LogP contribution in [0.2, 0.25) is 5.02 Å². The van der Waals surface area contributed by atoms with Crippen molar-refractivity contribution < 1.29 is 13.9 Å². The van der Waals surface area contributed by atoms with E-state index in [0.29, 0.717) is 19.7 Å². The molecule has 0 amide bonds. The van der Waals surface area contributed by atoms with E-state index in [4.69, 9.17) is 16.3 Å². The van der Waals surface area contributed by atoms with Gasteiger partial charge in [0.05, 0.1) is 18.2 Å². The first-order valence-electron chi connectivity index (χ1n) is 5.88. The molecule has 5 heteroatoms. The van der Waals surface area contributed by atoms with Gasteiger partial charge in [0, 0.05) is 6.54 Å². The van der Waals surface area contributed by atoms with Crippen LogP contribution in [0.1, 0.15) is 19.4 Å². The van der Waals surface area contributed by atoms with Gasteiger partial charge in [-0.3, -0.25) is 9.69 Å². The highest BCUT2D eigenvalue weighted by Crippen LogP contribution is 2.17. The van der Waals surface area contributed by atoms with E-state index in [-0.39, 0.29) is 17.5 Å². The van der Waals surface area contributed by atoms with Crippen molar-refractivity contribution in [2.45, 2.75) is 20.4 Å². The Balaban J connectivity index is 2.62. The van der Waals surface area contributed by atoms with Crippen molar-refractivity contribution in [3.63, 3.8) is 0 Å². The van der Waals surface area contributed by atoms with Crippen molar-refractivity contribution in [3.8, 4) is 0 Å². The summed E-state index contributed by atoms with van der Waals surface area (Å²) in [7, 11) is 0. The summed E-state index contributed by atoms with van der Waals surface area (Å²) >= 11 is 5.71. The Morgan fingerprint density at radius 1 is 1.44 bits per heavy atom. The number of likely N-dealkylation sites (N-methyl/N-ethyl adjacent to an activating group) is 1. The normalized spacial score (nSPS) is 10.7. The monoisotopic (exact) mass is 273 g/mol. The molecule has 1 rings (SSSR count). The average molecular weight is 274 g/mol. The van der Waals surface area contributed by atoms with Crippen LogP contribution in [0.3, 0.4) is 0 Å². The number of benzene rings is 1. The molecular weight excluding hydrogens is 257 g/mol. The van der Waals surface area contributed by atoms with Gasteiger partial charge in [-0.25, -0.2) is 4.39 Å². The Labute approximate surface area is 111 Å². The smallest absolute Gasteiger partial charge is 0.320 e. The van der Waals surface area contributed by atoms with Crippen molar-refractivity contribution in [2.24, 2.45) is 0 Å². The first kappa shape index (κ1) is 14.9. The standard InChI is InChI=1S/C13H17ClFNO2/c1-3-16(9-13(17)18-4-2)8-10-5-6-12(15)11(14)7-10/h5-7H,3-4,8-9H2,1-2H3. The van der Waals surface area contributed by atoms with Gasteiger partial charge in [-0.15, -0.1) is 0 Å². The van der Waals surface area contributed by atoms with Crippen molar-refractivity contribution in [2.75, 3.05) is 19.7 Å². The average Bonchev–Trinajstić information content (AvgIpc) is 2.33. The molecule has 0 aliphatic heterocycles. The van der Waals surface area contributed by atoms with Crippen molar-refractivity contribution in [1.82, 2.24) is 4.90 Å². The topological polar surface area (TPSA) is 29.5 Å². The summed E-state index contributed by atoms with van der Waals surface area (Å²) in [6.07, 6.45) is 0. The van der Waals surface area contributed by atoms with Crippen LogP contribution in [-0.2, 0) is 16.1 Å². The first-order chi connectivity index (χ1) is 8.56. The van der Waals surface area contributed by atoms with Gasteiger partial charge in [0.25, 0.3) is 0 Å². The molecule has 0 heterocycles. The first-order valence-corrected chi connectivity index (χ1v) is 6.26. The Morgan fingerprint density at radius 2 is 2.17 bits per heavy atom. The fourth-order valence-corrected chi connectivity index (χ4v) is 1.77. The summed E-state index contributed by atoms with van der Waals surface area (Å²) in [5.74, 6) is -0.693. The van der Waals surface area contributed by atoms with Gasteiger partial charge in [-0.05, 0) is 31.2 Å². The fourth-order valence-electron chi connectivity index (χ4n) is 1.56. The third-order valence-corrected chi connectivity index (χ3v) is 2.79. The van der Waals surface area contributed by atoms with E-state index in [2.05, 4.69) is 0 Å². The molecule has 0 fully saturated rings. The van der Waals surface area contributed by atoms with Gasteiger partial charge >= 0.3 is 5.97 Å². The molecule has 0 unspecified atom stereocenters. The number of carbonyl (C=O) groups is 1. The minimum atomic E-state index is -0.436. The highest BCUT2D eigenvalue weighted by atomic mass is 35.5. The van der Waals surface area contributed by atoms with Crippen LogP contribution in [0, 0.1) is 5.82 Å². The summed E-state index contributed by atoms with van der Waals surface area (Å²) in [6, 6.07) is 4.57. The second-order valence-electron chi connectivity index (χ2n) is 3.86. The number of esters is 1. The lowest BCUT2D eigenvalue weighted by molar-refractivity contribution is -0.144. The number of carbonyl (C=O) groups excluding carboxylic acids is 1. The molecule has 0 saturated carbocycles. The third-order valence-electron chi connectivity index (χ3n) is 2.50. The fraction of sp³-hybridized carbons (Fsp3) is 0.462. The predicted molar refractivity (Wildman–Crippen MR) is 69.0 cm³/mol. The van der Waals surface area contributed by atoms with Crippen LogP contribution in [-0.4, -0.2) is 30.6 Å². The molecule has 3 nitrogen and oxygen atoms in total. The molecular formula is C13H17ClFNO2. The number of halogens is 2. The quantitative estimate of drug-likeness (QED) is 0.747. The largest absolute Gasteiger partial charge is 0.465 e. The van der Waals surface area contributed by atoms with Crippen LogP contribution in [0.15, 0.2) is 18.2 Å². The Hall–Kier alpha value is -1.13. The zero-order chi connectivity index (χ0) is 13.5. The maximum absolute atomic E-state index is 13.0. The summed E-state index contributed by atoms with van der Waals surface area (Å²) < 4.78 is 17.9. The lowest BCUT2D eigenvalue weighted by atomic mass is 10.2. The molecule has 0 spiro atoms. The van der Waals surface area contributed by atoms with Crippen LogP contribution in [0.4, 0.5) is 4.39 Å². The summed E-state index contributed by atoms with van der Waals surface area (Å²) in [5, 5.41) is 0.0969. The number of hydrogen-bond acceptors (Lipinski definition) is 3. The highest BCUT2D eigenvalue weighted by molar-refractivity contribution is 6.30. The maximum atomic E-state index is 13.0. The van der Waals surface area contributed by atoms with E-state index in [1.165, 1.54) is 6.07 Å². The van der Waals surface area contributed by atoms with Crippen LogP contribution in [0.5, 0.6) is 0 Å². The minimum absolute atomic E-state index is 0.0969. The molecule has 0 atom stereocenters. The van der Waals surface area contributed by atoms with E-state index in [1.54, 1.807) is 19.1 Å². The molecule has 0 aliphatic rings. The van der Waals surface area contributed by atoms with Gasteiger partial charge in [0.15, 0.2) is 0 Å². The van der Waals surface area contributed by atoms with Gasteiger partial charge < -0.3 is 4.74 Å². The summed E-state index contributed by atoms with van der Waals surface area (Å²) in [6.45, 7) is 5.56. The lowest BCUT2D eigenvalue weighted by Gasteiger charge is -2.19. The highest BCUT2D eigenvalue weighted by Gasteiger charge is 2.11. The molecule has 0 N–H and O–H groups in total. The predicted octanol–water partition coefficient (Wildman–Crippen LogP) is 2.86. The van der Waals surface area contributed by atoms with Gasteiger partial charge in [-0.2, -0.15) is 0 Å². The molecule has 100 valence electrons. The zero-order valence-electron chi connectivity index (χ0n) is 10.6. The maximum Gasteiger partial charge on any atom is 0.320 e. The summed E-state index contributed by atoms with van der Waals surface area (Å²) in [5.41, 5.74) is 0.868.